The molecule has 88 valence electrons. The van der Waals surface area contributed by atoms with Gasteiger partial charge < -0.3 is 4.90 Å². The van der Waals surface area contributed by atoms with Crippen LogP contribution in [0.4, 0.5) is 5.82 Å². The first-order valence-corrected chi connectivity index (χ1v) is 6.39. The molecule has 1 fully saturated rings. The second-order valence-electron chi connectivity index (χ2n) is 5.19. The Labute approximate surface area is 98.7 Å². The van der Waals surface area contributed by atoms with Crippen molar-refractivity contribution in [2.75, 3.05) is 4.90 Å². The van der Waals surface area contributed by atoms with Gasteiger partial charge in [-0.05, 0) is 44.2 Å². The van der Waals surface area contributed by atoms with Crippen LogP contribution < -0.4 is 4.90 Å². The predicted octanol–water partition coefficient (Wildman–Crippen LogP) is 3.49. The second-order valence-corrected chi connectivity index (χ2v) is 5.19. The molecule has 0 bridgehead atoms. The van der Waals surface area contributed by atoms with E-state index in [0.717, 1.165) is 5.82 Å². The van der Waals surface area contributed by atoms with Crippen LogP contribution >= 0.6 is 0 Å². The molecule has 0 N–H and O–H groups in total. The largest absolute Gasteiger partial charge is 0.351 e. The highest BCUT2D eigenvalue weighted by atomic mass is 15.2. The van der Waals surface area contributed by atoms with Crippen LogP contribution in [0.25, 0.3) is 0 Å². The number of hydrogen-bond acceptors (Lipinski definition) is 2. The fraction of sp³-hybridized carbons (Fsp3) is 0.643. The van der Waals surface area contributed by atoms with Gasteiger partial charge in [0.05, 0.1) is 0 Å². The fourth-order valence-corrected chi connectivity index (χ4v) is 2.78. The molecule has 16 heavy (non-hydrogen) atoms. The molecule has 0 spiro atoms. The van der Waals surface area contributed by atoms with E-state index in [0.29, 0.717) is 18.0 Å². The lowest BCUT2D eigenvalue weighted by Gasteiger charge is -2.43. The van der Waals surface area contributed by atoms with Crippen molar-refractivity contribution in [3.8, 4) is 0 Å². The lowest BCUT2D eigenvalue weighted by molar-refractivity contribution is 0.330. The normalized spacial score (nSPS) is 26.1. The summed E-state index contributed by atoms with van der Waals surface area (Å²) in [6.45, 7) is 6.96. The molecule has 0 saturated carbocycles. The van der Waals surface area contributed by atoms with Gasteiger partial charge in [-0.2, -0.15) is 0 Å². The van der Waals surface area contributed by atoms with Gasteiger partial charge in [-0.3, -0.25) is 0 Å². The van der Waals surface area contributed by atoms with E-state index in [-0.39, 0.29) is 0 Å². The van der Waals surface area contributed by atoms with Crippen molar-refractivity contribution in [3.63, 3.8) is 0 Å². The maximum absolute atomic E-state index is 4.51. The minimum atomic E-state index is 0.621. The van der Waals surface area contributed by atoms with Crippen molar-refractivity contribution in [2.45, 2.75) is 52.1 Å². The van der Waals surface area contributed by atoms with Crippen molar-refractivity contribution < 1.29 is 0 Å². The zero-order valence-electron chi connectivity index (χ0n) is 10.6. The molecule has 1 aliphatic heterocycles. The minimum Gasteiger partial charge on any atom is -0.351 e. The molecule has 0 radical (unpaired) electrons. The molecule has 0 amide bonds. The molecule has 2 nitrogen and oxygen atoms in total. The van der Waals surface area contributed by atoms with E-state index in [1.54, 1.807) is 0 Å². The number of anilines is 1. The summed E-state index contributed by atoms with van der Waals surface area (Å²) in [7, 11) is 0. The summed E-state index contributed by atoms with van der Waals surface area (Å²) in [6.07, 6.45) is 5.85. The van der Waals surface area contributed by atoms with E-state index in [9.17, 15) is 0 Å². The molecule has 2 heterocycles. The quantitative estimate of drug-likeness (QED) is 0.755. The van der Waals surface area contributed by atoms with Gasteiger partial charge in [0.1, 0.15) is 5.82 Å². The lowest BCUT2D eigenvalue weighted by atomic mass is 9.89. The average molecular weight is 218 g/mol. The molecular weight excluding hydrogens is 196 g/mol. The summed E-state index contributed by atoms with van der Waals surface area (Å²) in [5, 5.41) is 0. The first kappa shape index (κ1) is 11.4. The van der Waals surface area contributed by atoms with Gasteiger partial charge in [0, 0.05) is 18.3 Å². The fourth-order valence-electron chi connectivity index (χ4n) is 2.78. The first-order valence-electron chi connectivity index (χ1n) is 6.39. The van der Waals surface area contributed by atoms with Crippen LogP contribution in [0.3, 0.4) is 0 Å². The SMILES string of the molecule is CC(C)C1CCCC(C)N1c1ccccn1. The highest BCUT2D eigenvalue weighted by molar-refractivity contribution is 5.41. The molecule has 1 aromatic rings. The third-order valence-electron chi connectivity index (χ3n) is 3.64. The van der Waals surface area contributed by atoms with E-state index in [2.05, 4.69) is 42.8 Å². The highest BCUT2D eigenvalue weighted by Crippen LogP contribution is 2.31. The van der Waals surface area contributed by atoms with E-state index < -0.39 is 0 Å². The lowest BCUT2D eigenvalue weighted by Crippen LogP contribution is -2.48. The molecule has 2 unspecified atom stereocenters. The van der Waals surface area contributed by atoms with Crippen molar-refractivity contribution in [2.24, 2.45) is 5.92 Å². The third-order valence-corrected chi connectivity index (χ3v) is 3.64. The minimum absolute atomic E-state index is 0.621. The Bertz CT molecular complexity index is 321. The van der Waals surface area contributed by atoms with Gasteiger partial charge in [-0.25, -0.2) is 4.98 Å². The maximum Gasteiger partial charge on any atom is 0.128 e. The van der Waals surface area contributed by atoms with Crippen LogP contribution in [0, 0.1) is 5.92 Å². The second kappa shape index (κ2) is 4.86. The summed E-state index contributed by atoms with van der Waals surface area (Å²) in [6, 6.07) is 7.48. The Balaban J connectivity index is 2.26. The van der Waals surface area contributed by atoms with E-state index in [1.165, 1.54) is 19.3 Å². The van der Waals surface area contributed by atoms with Crippen molar-refractivity contribution in [3.05, 3.63) is 24.4 Å². The van der Waals surface area contributed by atoms with Crippen LogP contribution in [0.2, 0.25) is 0 Å². The van der Waals surface area contributed by atoms with Crippen molar-refractivity contribution >= 4 is 5.82 Å². The number of hydrogen-bond donors (Lipinski definition) is 0. The molecule has 0 aromatic carbocycles. The van der Waals surface area contributed by atoms with Crippen LogP contribution in [0.5, 0.6) is 0 Å². The summed E-state index contributed by atoms with van der Waals surface area (Å²) >= 11 is 0. The Kier molecular flexibility index (Phi) is 3.47. The number of aromatic nitrogens is 1. The number of nitrogens with zero attached hydrogens (tertiary/aromatic N) is 2. The summed E-state index contributed by atoms with van der Waals surface area (Å²) < 4.78 is 0. The molecule has 1 aromatic heterocycles. The predicted molar refractivity (Wildman–Crippen MR) is 68.7 cm³/mol. The van der Waals surface area contributed by atoms with Gasteiger partial charge in [-0.1, -0.05) is 19.9 Å². The van der Waals surface area contributed by atoms with Crippen molar-refractivity contribution in [1.29, 1.82) is 0 Å². The van der Waals surface area contributed by atoms with Crippen LogP contribution in [0.15, 0.2) is 24.4 Å². The maximum atomic E-state index is 4.51. The van der Waals surface area contributed by atoms with Gasteiger partial charge in [0.25, 0.3) is 0 Å². The van der Waals surface area contributed by atoms with Crippen molar-refractivity contribution in [1.82, 2.24) is 4.98 Å². The first-order chi connectivity index (χ1) is 7.70. The summed E-state index contributed by atoms with van der Waals surface area (Å²) in [5.74, 6) is 1.85. The standard InChI is InChI=1S/C14H22N2/c1-11(2)13-8-6-7-12(3)16(13)14-9-4-5-10-15-14/h4-5,9-13H,6-8H2,1-3H3. The highest BCUT2D eigenvalue weighted by Gasteiger charge is 2.30. The van der Waals surface area contributed by atoms with E-state index in [4.69, 9.17) is 0 Å². The zero-order valence-corrected chi connectivity index (χ0v) is 10.6. The van der Waals surface area contributed by atoms with Gasteiger partial charge >= 0.3 is 0 Å². The van der Waals surface area contributed by atoms with Gasteiger partial charge in [0.2, 0.25) is 0 Å². The van der Waals surface area contributed by atoms with Crippen LogP contribution in [0.1, 0.15) is 40.0 Å². The van der Waals surface area contributed by atoms with Crippen LogP contribution in [-0.4, -0.2) is 17.1 Å². The van der Waals surface area contributed by atoms with Gasteiger partial charge in [0.15, 0.2) is 0 Å². The monoisotopic (exact) mass is 218 g/mol. The van der Waals surface area contributed by atoms with Crippen LogP contribution in [-0.2, 0) is 0 Å². The van der Waals surface area contributed by atoms with E-state index >= 15 is 0 Å². The Hall–Kier alpha value is -1.05. The van der Waals surface area contributed by atoms with Gasteiger partial charge in [-0.15, -0.1) is 0 Å². The number of rotatable bonds is 2. The number of pyridine rings is 1. The average Bonchev–Trinajstić information content (AvgIpc) is 2.29. The molecule has 1 aliphatic rings. The molecule has 2 heteroatoms. The molecule has 1 saturated heterocycles. The van der Waals surface area contributed by atoms with E-state index in [1.807, 2.05) is 12.3 Å². The summed E-state index contributed by atoms with van der Waals surface area (Å²) in [5.41, 5.74) is 0. The summed E-state index contributed by atoms with van der Waals surface area (Å²) in [4.78, 5) is 7.03. The Morgan fingerprint density at radius 3 is 2.75 bits per heavy atom. The Morgan fingerprint density at radius 2 is 2.12 bits per heavy atom. The smallest absolute Gasteiger partial charge is 0.128 e. The molecule has 2 rings (SSSR count). The topological polar surface area (TPSA) is 16.1 Å². The zero-order chi connectivity index (χ0) is 11.5. The number of piperidine rings is 1. The molecule has 2 atom stereocenters. The third kappa shape index (κ3) is 2.21. The Morgan fingerprint density at radius 1 is 1.31 bits per heavy atom. The molecule has 0 aliphatic carbocycles. The molecular formula is C14H22N2.